The van der Waals surface area contributed by atoms with Gasteiger partial charge in [0.25, 0.3) is 5.82 Å². The topological polar surface area (TPSA) is 19.7 Å². The Labute approximate surface area is 139 Å². The molecular weight excluding hydrogens is 280 g/mol. The maximum atomic E-state index is 3.92. The third-order valence-electron chi connectivity index (χ3n) is 6.09. The van der Waals surface area contributed by atoms with Crippen LogP contribution in [0.1, 0.15) is 86.0 Å². The molecule has 2 nitrogen and oxygen atoms in total. The summed E-state index contributed by atoms with van der Waals surface area (Å²) in [6.45, 7) is 4.57. The van der Waals surface area contributed by atoms with Gasteiger partial charge in [-0.05, 0) is 44.2 Å². The van der Waals surface area contributed by atoms with Crippen LogP contribution in [0.4, 0.5) is 0 Å². The summed E-state index contributed by atoms with van der Waals surface area (Å²) in [5.74, 6) is 2.93. The first-order chi connectivity index (χ1) is 11.3. The minimum atomic E-state index is 0.712. The van der Waals surface area contributed by atoms with E-state index in [0.717, 1.165) is 5.92 Å². The van der Waals surface area contributed by atoms with E-state index in [9.17, 15) is 0 Å². The molecule has 2 aromatic rings. The SMILES string of the molecule is Cc1ccccc1-[n+]1c(C2CCCC2)[nH]c(C2CCCC2)c1C. The molecule has 0 saturated heterocycles. The lowest BCUT2D eigenvalue weighted by molar-refractivity contribution is -0.611. The third kappa shape index (κ3) is 2.62. The number of aromatic nitrogens is 2. The van der Waals surface area contributed by atoms with Crippen molar-refractivity contribution in [2.75, 3.05) is 0 Å². The maximum Gasteiger partial charge on any atom is 0.262 e. The van der Waals surface area contributed by atoms with Gasteiger partial charge >= 0.3 is 0 Å². The van der Waals surface area contributed by atoms with Gasteiger partial charge in [-0.25, -0.2) is 4.98 Å². The predicted octanol–water partition coefficient (Wildman–Crippen LogP) is 5.22. The summed E-state index contributed by atoms with van der Waals surface area (Å²) in [5, 5.41) is 0. The second-order valence-electron chi connectivity index (χ2n) is 7.59. The molecule has 2 aliphatic rings. The molecule has 1 heterocycles. The zero-order chi connectivity index (χ0) is 15.8. The summed E-state index contributed by atoms with van der Waals surface area (Å²) in [4.78, 5) is 3.92. The second kappa shape index (κ2) is 6.14. The van der Waals surface area contributed by atoms with E-state index in [2.05, 4.69) is 47.7 Å². The van der Waals surface area contributed by atoms with Crippen molar-refractivity contribution < 1.29 is 4.57 Å². The van der Waals surface area contributed by atoms with Gasteiger partial charge in [0.2, 0.25) is 0 Å². The van der Waals surface area contributed by atoms with E-state index >= 15 is 0 Å². The van der Waals surface area contributed by atoms with Gasteiger partial charge in [-0.3, -0.25) is 0 Å². The van der Waals surface area contributed by atoms with Gasteiger partial charge in [0, 0.05) is 12.8 Å². The minimum absolute atomic E-state index is 0.712. The molecule has 4 rings (SSSR count). The lowest BCUT2D eigenvalue weighted by atomic mass is 10.0. The number of aryl methyl sites for hydroxylation is 1. The number of nitrogens with one attached hydrogen (secondary N) is 1. The lowest BCUT2D eigenvalue weighted by Crippen LogP contribution is -2.38. The first-order valence-electron chi connectivity index (χ1n) is 9.46. The number of aromatic amines is 1. The number of para-hydroxylation sites is 1. The largest absolute Gasteiger partial charge is 0.262 e. The fraction of sp³-hybridized carbons (Fsp3) is 0.571. The minimum Gasteiger partial charge on any atom is -0.244 e. The Morgan fingerprint density at radius 2 is 1.48 bits per heavy atom. The second-order valence-corrected chi connectivity index (χ2v) is 7.59. The van der Waals surface area contributed by atoms with Crippen LogP contribution in [0.25, 0.3) is 5.69 Å². The molecule has 0 aliphatic heterocycles. The van der Waals surface area contributed by atoms with E-state index in [1.54, 1.807) is 0 Å². The predicted molar refractivity (Wildman–Crippen MR) is 94.2 cm³/mol. The Morgan fingerprint density at radius 1 is 0.870 bits per heavy atom. The van der Waals surface area contributed by atoms with Gasteiger partial charge < -0.3 is 0 Å². The van der Waals surface area contributed by atoms with Crippen LogP contribution >= 0.6 is 0 Å². The highest BCUT2D eigenvalue weighted by atomic mass is 15.1. The molecule has 2 heteroatoms. The standard InChI is InChI=1S/C21H28N2/c1-15-9-3-8-14-19(15)23-16(2)20(17-10-4-5-11-17)22-21(23)18-12-6-7-13-18/h3,8-9,14,17-18H,4-7,10-13H2,1-2H3/p+1. The summed E-state index contributed by atoms with van der Waals surface area (Å²) in [6.07, 6.45) is 11.0. The van der Waals surface area contributed by atoms with Crippen molar-refractivity contribution in [3.8, 4) is 5.69 Å². The molecule has 2 fully saturated rings. The number of H-pyrrole nitrogens is 1. The fourth-order valence-corrected chi connectivity index (χ4v) is 4.81. The van der Waals surface area contributed by atoms with E-state index < -0.39 is 0 Å². The third-order valence-corrected chi connectivity index (χ3v) is 6.09. The zero-order valence-corrected chi connectivity index (χ0v) is 14.6. The van der Waals surface area contributed by atoms with Crippen LogP contribution in [0, 0.1) is 13.8 Å². The van der Waals surface area contributed by atoms with Crippen molar-refractivity contribution in [3.63, 3.8) is 0 Å². The molecule has 2 saturated carbocycles. The van der Waals surface area contributed by atoms with Gasteiger partial charge in [-0.15, -0.1) is 0 Å². The average Bonchev–Trinajstić information content (AvgIpc) is 3.28. The van der Waals surface area contributed by atoms with E-state index in [-0.39, 0.29) is 0 Å². The van der Waals surface area contributed by atoms with Crippen LogP contribution in [0.2, 0.25) is 0 Å². The molecular formula is C21H29N2+. The molecule has 0 spiro atoms. The summed E-state index contributed by atoms with van der Waals surface area (Å²) in [6, 6.07) is 8.85. The molecule has 2 aliphatic carbocycles. The highest BCUT2D eigenvalue weighted by Gasteiger charge is 2.35. The molecule has 0 radical (unpaired) electrons. The highest BCUT2D eigenvalue weighted by Crippen LogP contribution is 2.38. The van der Waals surface area contributed by atoms with Crippen molar-refractivity contribution in [2.24, 2.45) is 0 Å². The van der Waals surface area contributed by atoms with Crippen molar-refractivity contribution in [1.29, 1.82) is 0 Å². The van der Waals surface area contributed by atoms with Gasteiger partial charge in [-0.2, -0.15) is 4.57 Å². The zero-order valence-electron chi connectivity index (χ0n) is 14.6. The smallest absolute Gasteiger partial charge is 0.244 e. The fourth-order valence-electron chi connectivity index (χ4n) is 4.81. The molecule has 1 N–H and O–H groups in total. The van der Waals surface area contributed by atoms with Crippen LogP contribution in [-0.2, 0) is 0 Å². The van der Waals surface area contributed by atoms with Crippen LogP contribution < -0.4 is 4.57 Å². The molecule has 0 atom stereocenters. The van der Waals surface area contributed by atoms with Crippen molar-refractivity contribution in [2.45, 2.75) is 77.0 Å². The van der Waals surface area contributed by atoms with Crippen LogP contribution in [-0.4, -0.2) is 4.98 Å². The first-order valence-corrected chi connectivity index (χ1v) is 9.46. The van der Waals surface area contributed by atoms with Crippen LogP contribution in [0.5, 0.6) is 0 Å². The Balaban J connectivity index is 1.86. The van der Waals surface area contributed by atoms with E-state index in [1.807, 2.05) is 0 Å². The van der Waals surface area contributed by atoms with Crippen molar-refractivity contribution in [1.82, 2.24) is 4.98 Å². The number of hydrogen-bond donors (Lipinski definition) is 1. The molecule has 1 aromatic carbocycles. The maximum absolute atomic E-state index is 3.92. The highest BCUT2D eigenvalue weighted by molar-refractivity contribution is 5.34. The van der Waals surface area contributed by atoms with E-state index in [1.165, 1.54) is 79.8 Å². The number of benzene rings is 1. The number of hydrogen-bond acceptors (Lipinski definition) is 0. The average molecular weight is 309 g/mol. The molecule has 122 valence electrons. The normalized spacial score (nSPS) is 19.7. The molecule has 0 amide bonds. The van der Waals surface area contributed by atoms with Gasteiger partial charge in [0.1, 0.15) is 17.1 Å². The summed E-state index contributed by atoms with van der Waals surface area (Å²) < 4.78 is 2.55. The Bertz CT molecular complexity index is 686. The summed E-state index contributed by atoms with van der Waals surface area (Å²) >= 11 is 0. The van der Waals surface area contributed by atoms with Gasteiger partial charge in [0.05, 0.1) is 5.92 Å². The Morgan fingerprint density at radius 3 is 2.13 bits per heavy atom. The molecule has 23 heavy (non-hydrogen) atoms. The molecule has 1 aromatic heterocycles. The molecule has 0 bridgehead atoms. The first kappa shape index (κ1) is 15.0. The monoisotopic (exact) mass is 309 g/mol. The van der Waals surface area contributed by atoms with Gasteiger partial charge in [0.15, 0.2) is 0 Å². The van der Waals surface area contributed by atoms with Crippen LogP contribution in [0.15, 0.2) is 24.3 Å². The molecule has 0 unspecified atom stereocenters. The number of rotatable bonds is 3. The Hall–Kier alpha value is -1.57. The lowest BCUT2D eigenvalue weighted by Gasteiger charge is -2.09. The number of nitrogens with zero attached hydrogens (tertiary/aromatic N) is 1. The van der Waals surface area contributed by atoms with Crippen molar-refractivity contribution in [3.05, 3.63) is 47.0 Å². The van der Waals surface area contributed by atoms with E-state index in [4.69, 9.17) is 0 Å². The quantitative estimate of drug-likeness (QED) is 0.750. The summed E-state index contributed by atoms with van der Waals surface area (Å²) in [5.41, 5.74) is 5.71. The van der Waals surface area contributed by atoms with Crippen LogP contribution in [0.3, 0.4) is 0 Å². The summed E-state index contributed by atoms with van der Waals surface area (Å²) in [7, 11) is 0. The Kier molecular flexibility index (Phi) is 4.00. The van der Waals surface area contributed by atoms with Gasteiger partial charge in [-0.1, -0.05) is 43.9 Å². The number of imidazole rings is 1. The van der Waals surface area contributed by atoms with Crippen molar-refractivity contribution >= 4 is 0 Å². The van der Waals surface area contributed by atoms with E-state index in [0.29, 0.717) is 5.92 Å².